The Kier molecular flexibility index (Phi) is 5.88. The topological polar surface area (TPSA) is 24.9 Å². The fraction of sp³-hybridized carbons (Fsp3) is 0.389. The van der Waals surface area contributed by atoms with Crippen LogP contribution >= 0.6 is 0 Å². The van der Waals surface area contributed by atoms with Crippen molar-refractivity contribution >= 4 is 0 Å². The lowest BCUT2D eigenvalue weighted by molar-refractivity contribution is 0.524. The Balaban J connectivity index is 2.23. The van der Waals surface area contributed by atoms with Crippen LogP contribution in [0.2, 0.25) is 0 Å². The van der Waals surface area contributed by atoms with Crippen molar-refractivity contribution in [1.29, 1.82) is 0 Å². The second-order valence-corrected chi connectivity index (χ2v) is 5.27. The summed E-state index contributed by atoms with van der Waals surface area (Å²) in [5.74, 6) is -0.185. The van der Waals surface area contributed by atoms with E-state index in [0.29, 0.717) is 0 Å². The van der Waals surface area contributed by atoms with Crippen LogP contribution in [0.3, 0.4) is 0 Å². The van der Waals surface area contributed by atoms with Crippen molar-refractivity contribution in [1.82, 2.24) is 10.3 Å². The first kappa shape index (κ1) is 15.6. The Morgan fingerprint density at radius 3 is 2.57 bits per heavy atom. The van der Waals surface area contributed by atoms with Gasteiger partial charge in [-0.25, -0.2) is 4.39 Å². The summed E-state index contributed by atoms with van der Waals surface area (Å²) in [7, 11) is 0. The van der Waals surface area contributed by atoms with Crippen LogP contribution in [0.25, 0.3) is 0 Å². The van der Waals surface area contributed by atoms with Crippen LogP contribution in [0.15, 0.2) is 42.7 Å². The Morgan fingerprint density at radius 2 is 1.90 bits per heavy atom. The van der Waals surface area contributed by atoms with Gasteiger partial charge in [-0.2, -0.15) is 0 Å². The van der Waals surface area contributed by atoms with Crippen molar-refractivity contribution < 1.29 is 4.39 Å². The molecule has 0 spiro atoms. The average molecular weight is 286 g/mol. The van der Waals surface area contributed by atoms with Crippen molar-refractivity contribution in [2.24, 2.45) is 0 Å². The standard InChI is InChI=1S/C18H23FN2/c1-3-10-21-18(12-14-5-7-16(19)8-6-14)17-9-11-20-13-15(17)4-2/h5-9,11,13,18,21H,3-4,10,12H2,1-2H3. The highest BCUT2D eigenvalue weighted by atomic mass is 19.1. The Labute approximate surface area is 126 Å². The van der Waals surface area contributed by atoms with Crippen LogP contribution in [0, 0.1) is 5.82 Å². The van der Waals surface area contributed by atoms with Crippen LogP contribution in [-0.2, 0) is 12.8 Å². The van der Waals surface area contributed by atoms with E-state index in [1.165, 1.54) is 23.3 Å². The van der Waals surface area contributed by atoms with Gasteiger partial charge in [-0.1, -0.05) is 26.0 Å². The van der Waals surface area contributed by atoms with E-state index in [-0.39, 0.29) is 11.9 Å². The fourth-order valence-corrected chi connectivity index (χ4v) is 2.54. The maximum atomic E-state index is 13.0. The second kappa shape index (κ2) is 7.89. The lowest BCUT2D eigenvalue weighted by Gasteiger charge is -2.21. The highest BCUT2D eigenvalue weighted by Crippen LogP contribution is 2.22. The van der Waals surface area contributed by atoms with Crippen molar-refractivity contribution in [3.8, 4) is 0 Å². The molecule has 2 rings (SSSR count). The predicted octanol–water partition coefficient (Wildman–Crippen LogP) is 4.07. The van der Waals surface area contributed by atoms with Crippen LogP contribution in [-0.4, -0.2) is 11.5 Å². The van der Waals surface area contributed by atoms with E-state index in [2.05, 4.69) is 30.2 Å². The van der Waals surface area contributed by atoms with Crippen LogP contribution in [0.4, 0.5) is 4.39 Å². The molecule has 0 radical (unpaired) electrons. The Bertz CT molecular complexity index is 551. The molecule has 0 saturated carbocycles. The zero-order chi connectivity index (χ0) is 15.1. The molecule has 0 fully saturated rings. The number of aryl methyl sites for hydroxylation is 1. The third kappa shape index (κ3) is 4.36. The summed E-state index contributed by atoms with van der Waals surface area (Å²) >= 11 is 0. The summed E-state index contributed by atoms with van der Waals surface area (Å²) in [6, 6.07) is 9.12. The first-order valence-corrected chi connectivity index (χ1v) is 7.65. The highest BCUT2D eigenvalue weighted by molar-refractivity contribution is 5.29. The molecule has 0 aliphatic rings. The summed E-state index contributed by atoms with van der Waals surface area (Å²) in [5.41, 5.74) is 3.71. The minimum atomic E-state index is -0.185. The number of nitrogens with zero attached hydrogens (tertiary/aromatic N) is 1. The van der Waals surface area contributed by atoms with Gasteiger partial charge in [0.15, 0.2) is 0 Å². The van der Waals surface area contributed by atoms with Gasteiger partial charge in [0.2, 0.25) is 0 Å². The molecule has 2 aromatic rings. The Morgan fingerprint density at radius 1 is 1.14 bits per heavy atom. The van der Waals surface area contributed by atoms with Crippen molar-refractivity contribution in [2.75, 3.05) is 6.54 Å². The van der Waals surface area contributed by atoms with E-state index < -0.39 is 0 Å². The monoisotopic (exact) mass is 286 g/mol. The molecule has 0 bridgehead atoms. The molecule has 1 aromatic carbocycles. The maximum Gasteiger partial charge on any atom is 0.123 e. The van der Waals surface area contributed by atoms with E-state index >= 15 is 0 Å². The van der Waals surface area contributed by atoms with E-state index in [9.17, 15) is 4.39 Å². The summed E-state index contributed by atoms with van der Waals surface area (Å²) in [6.07, 6.45) is 6.71. The molecule has 1 N–H and O–H groups in total. The number of nitrogens with one attached hydrogen (secondary N) is 1. The van der Waals surface area contributed by atoms with Crippen LogP contribution in [0.1, 0.15) is 43.0 Å². The molecule has 0 aliphatic carbocycles. The zero-order valence-electron chi connectivity index (χ0n) is 12.8. The van der Waals surface area contributed by atoms with Gasteiger partial charge in [0.25, 0.3) is 0 Å². The van der Waals surface area contributed by atoms with Crippen molar-refractivity contribution in [3.63, 3.8) is 0 Å². The first-order chi connectivity index (χ1) is 10.2. The molecule has 2 nitrogen and oxygen atoms in total. The molecule has 1 heterocycles. The van der Waals surface area contributed by atoms with Gasteiger partial charge in [-0.3, -0.25) is 4.98 Å². The smallest absolute Gasteiger partial charge is 0.123 e. The van der Waals surface area contributed by atoms with Gasteiger partial charge >= 0.3 is 0 Å². The van der Waals surface area contributed by atoms with Gasteiger partial charge in [-0.05, 0) is 60.7 Å². The number of halogens is 1. The average Bonchev–Trinajstić information content (AvgIpc) is 2.53. The number of aromatic nitrogens is 1. The fourth-order valence-electron chi connectivity index (χ4n) is 2.54. The largest absolute Gasteiger partial charge is 0.310 e. The van der Waals surface area contributed by atoms with Crippen molar-refractivity contribution in [2.45, 2.75) is 39.2 Å². The minimum Gasteiger partial charge on any atom is -0.310 e. The summed E-state index contributed by atoms with van der Waals surface area (Å²) in [5, 5.41) is 3.60. The number of rotatable bonds is 7. The minimum absolute atomic E-state index is 0.185. The van der Waals surface area contributed by atoms with Gasteiger partial charge in [0.05, 0.1) is 0 Å². The molecule has 0 aliphatic heterocycles. The predicted molar refractivity (Wildman–Crippen MR) is 84.8 cm³/mol. The number of pyridine rings is 1. The quantitative estimate of drug-likeness (QED) is 0.830. The molecule has 21 heavy (non-hydrogen) atoms. The highest BCUT2D eigenvalue weighted by Gasteiger charge is 2.14. The summed E-state index contributed by atoms with van der Waals surface area (Å²) in [6.45, 7) is 5.28. The maximum absolute atomic E-state index is 13.0. The normalized spacial score (nSPS) is 12.3. The van der Waals surface area contributed by atoms with E-state index in [1.807, 2.05) is 24.5 Å². The third-order valence-corrected chi connectivity index (χ3v) is 3.69. The second-order valence-electron chi connectivity index (χ2n) is 5.27. The number of benzene rings is 1. The molecule has 3 heteroatoms. The molecule has 1 aromatic heterocycles. The molecule has 1 unspecified atom stereocenters. The lowest BCUT2D eigenvalue weighted by Crippen LogP contribution is -2.25. The van der Waals surface area contributed by atoms with Gasteiger partial charge in [-0.15, -0.1) is 0 Å². The Hall–Kier alpha value is -1.74. The van der Waals surface area contributed by atoms with Crippen LogP contribution < -0.4 is 5.32 Å². The molecule has 1 atom stereocenters. The number of hydrogen-bond donors (Lipinski definition) is 1. The lowest BCUT2D eigenvalue weighted by atomic mass is 9.95. The van der Waals surface area contributed by atoms with Crippen molar-refractivity contribution in [3.05, 3.63) is 65.2 Å². The summed E-state index contributed by atoms with van der Waals surface area (Å²) in [4.78, 5) is 4.22. The van der Waals surface area contributed by atoms with Gasteiger partial charge in [0.1, 0.15) is 5.82 Å². The molecular weight excluding hydrogens is 263 g/mol. The van der Waals surface area contributed by atoms with E-state index in [1.54, 1.807) is 0 Å². The number of hydrogen-bond acceptors (Lipinski definition) is 2. The van der Waals surface area contributed by atoms with Gasteiger partial charge < -0.3 is 5.32 Å². The van der Waals surface area contributed by atoms with Crippen LogP contribution in [0.5, 0.6) is 0 Å². The first-order valence-electron chi connectivity index (χ1n) is 7.65. The molecule has 112 valence electrons. The third-order valence-electron chi connectivity index (χ3n) is 3.69. The van der Waals surface area contributed by atoms with E-state index in [0.717, 1.165) is 31.4 Å². The summed E-state index contributed by atoms with van der Waals surface area (Å²) < 4.78 is 13.0. The molecule has 0 amide bonds. The van der Waals surface area contributed by atoms with Gasteiger partial charge in [0, 0.05) is 18.4 Å². The van der Waals surface area contributed by atoms with E-state index in [4.69, 9.17) is 0 Å². The molecular formula is C18H23FN2. The SMILES string of the molecule is CCCNC(Cc1ccc(F)cc1)c1ccncc1CC. The molecule has 0 saturated heterocycles. The zero-order valence-corrected chi connectivity index (χ0v) is 12.8.